The Labute approximate surface area is 99.4 Å². The summed E-state index contributed by atoms with van der Waals surface area (Å²) in [5.41, 5.74) is 0.564. The second-order valence-corrected chi connectivity index (χ2v) is 6.05. The second kappa shape index (κ2) is 4.37. The number of carboxylic acid groups (broad SMARTS) is 1. The Balaban J connectivity index is 2.23. The van der Waals surface area contributed by atoms with Crippen LogP contribution in [-0.2, 0) is 14.6 Å². The molecule has 0 fully saturated rings. The average Bonchev–Trinajstić information content (AvgIpc) is 2.25. The molecule has 1 unspecified atom stereocenters. The van der Waals surface area contributed by atoms with Gasteiger partial charge in [-0.25, -0.2) is 8.42 Å². The Morgan fingerprint density at radius 1 is 1.41 bits per heavy atom. The van der Waals surface area contributed by atoms with Gasteiger partial charge in [-0.05, 0) is 18.6 Å². The summed E-state index contributed by atoms with van der Waals surface area (Å²) in [6.45, 7) is 0. The number of carboxylic acids is 1. The lowest BCUT2D eigenvalue weighted by Gasteiger charge is -2.26. The Kier molecular flexibility index (Phi) is 3.06. The fourth-order valence-electron chi connectivity index (χ4n) is 1.93. The molecule has 0 saturated carbocycles. The zero-order valence-corrected chi connectivity index (χ0v) is 9.90. The maximum atomic E-state index is 11.9. The summed E-state index contributed by atoms with van der Waals surface area (Å²) < 4.78 is 23.9. The third-order valence-electron chi connectivity index (χ3n) is 2.71. The van der Waals surface area contributed by atoms with Crippen LogP contribution < -0.4 is 5.32 Å². The number of fused-ring (bicyclic) bond motifs is 1. The first-order valence-electron chi connectivity index (χ1n) is 5.29. The van der Waals surface area contributed by atoms with Crippen molar-refractivity contribution in [1.82, 2.24) is 0 Å². The highest BCUT2D eigenvalue weighted by Crippen LogP contribution is 2.29. The van der Waals surface area contributed by atoms with Gasteiger partial charge in [-0.3, -0.25) is 4.79 Å². The van der Waals surface area contributed by atoms with E-state index in [0.29, 0.717) is 17.0 Å². The van der Waals surface area contributed by atoms with Crippen molar-refractivity contribution in [3.05, 3.63) is 24.3 Å². The molecule has 1 aromatic carbocycles. The van der Waals surface area contributed by atoms with E-state index in [-0.39, 0.29) is 18.2 Å². The van der Waals surface area contributed by atoms with Crippen molar-refractivity contribution in [2.45, 2.75) is 23.8 Å². The van der Waals surface area contributed by atoms with Crippen LogP contribution in [0.3, 0.4) is 0 Å². The third kappa shape index (κ3) is 2.58. The van der Waals surface area contributed by atoms with Gasteiger partial charge in [0.2, 0.25) is 0 Å². The molecule has 92 valence electrons. The van der Waals surface area contributed by atoms with Gasteiger partial charge in [-0.1, -0.05) is 12.1 Å². The highest BCUT2D eigenvalue weighted by Gasteiger charge is 2.29. The predicted molar refractivity (Wildman–Crippen MR) is 62.8 cm³/mol. The highest BCUT2D eigenvalue weighted by molar-refractivity contribution is 7.91. The standard InChI is InChI=1S/C11H13NO4S/c13-11(14)6-5-8-7-17(15,16)10-4-2-1-3-9(10)12-8/h1-4,8,12H,5-7H2,(H,13,14). The van der Waals surface area contributed by atoms with E-state index in [2.05, 4.69) is 5.32 Å². The molecule has 0 saturated heterocycles. The first-order valence-corrected chi connectivity index (χ1v) is 6.94. The number of hydrogen-bond donors (Lipinski definition) is 2. The van der Waals surface area contributed by atoms with E-state index in [1.165, 1.54) is 0 Å². The molecule has 1 aliphatic heterocycles. The zero-order chi connectivity index (χ0) is 12.5. The molecule has 0 bridgehead atoms. The number of nitrogens with one attached hydrogen (secondary N) is 1. The summed E-state index contributed by atoms with van der Waals surface area (Å²) in [6, 6.07) is 6.35. The molecule has 6 heteroatoms. The lowest BCUT2D eigenvalue weighted by atomic mass is 10.1. The summed E-state index contributed by atoms with van der Waals surface area (Å²) in [6.07, 6.45) is 0.276. The Morgan fingerprint density at radius 2 is 2.12 bits per heavy atom. The Morgan fingerprint density at radius 3 is 2.82 bits per heavy atom. The largest absolute Gasteiger partial charge is 0.481 e. The van der Waals surface area contributed by atoms with Crippen LogP contribution in [0.1, 0.15) is 12.8 Å². The number of hydrogen-bond acceptors (Lipinski definition) is 4. The fourth-order valence-corrected chi connectivity index (χ4v) is 3.63. The first kappa shape index (κ1) is 11.9. The molecule has 0 radical (unpaired) electrons. The average molecular weight is 255 g/mol. The van der Waals surface area contributed by atoms with Gasteiger partial charge in [-0.15, -0.1) is 0 Å². The molecular formula is C11H13NO4S. The maximum Gasteiger partial charge on any atom is 0.303 e. The quantitative estimate of drug-likeness (QED) is 0.845. The molecule has 2 N–H and O–H groups in total. The van der Waals surface area contributed by atoms with Gasteiger partial charge in [0.1, 0.15) is 0 Å². The van der Waals surface area contributed by atoms with Crippen molar-refractivity contribution in [3.63, 3.8) is 0 Å². The topological polar surface area (TPSA) is 83.5 Å². The van der Waals surface area contributed by atoms with E-state index < -0.39 is 15.8 Å². The SMILES string of the molecule is O=C(O)CCC1CS(=O)(=O)c2ccccc2N1. The lowest BCUT2D eigenvalue weighted by molar-refractivity contribution is -0.137. The Bertz CT molecular complexity index is 538. The number of rotatable bonds is 3. The van der Waals surface area contributed by atoms with E-state index in [4.69, 9.17) is 5.11 Å². The number of carbonyl (C=O) groups is 1. The molecule has 1 atom stereocenters. The Hall–Kier alpha value is -1.56. The van der Waals surface area contributed by atoms with E-state index >= 15 is 0 Å². The van der Waals surface area contributed by atoms with Crippen LogP contribution in [0, 0.1) is 0 Å². The fraction of sp³-hybridized carbons (Fsp3) is 0.364. The number of anilines is 1. The van der Waals surface area contributed by atoms with Crippen molar-refractivity contribution in [3.8, 4) is 0 Å². The molecule has 1 aromatic rings. The van der Waals surface area contributed by atoms with Gasteiger partial charge in [0.25, 0.3) is 0 Å². The molecule has 17 heavy (non-hydrogen) atoms. The smallest absolute Gasteiger partial charge is 0.303 e. The minimum absolute atomic E-state index is 0.0324. The highest BCUT2D eigenvalue weighted by atomic mass is 32.2. The predicted octanol–water partition coefficient (Wildman–Crippen LogP) is 1.12. The van der Waals surface area contributed by atoms with Crippen LogP contribution in [-0.4, -0.2) is 31.3 Å². The minimum Gasteiger partial charge on any atom is -0.481 e. The lowest BCUT2D eigenvalue weighted by Crippen LogP contribution is -2.34. The van der Waals surface area contributed by atoms with Crippen molar-refractivity contribution in [1.29, 1.82) is 0 Å². The first-order chi connectivity index (χ1) is 7.99. The molecule has 0 amide bonds. The summed E-state index contributed by atoms with van der Waals surface area (Å²) in [7, 11) is -3.29. The van der Waals surface area contributed by atoms with E-state index in [9.17, 15) is 13.2 Å². The second-order valence-electron chi connectivity index (χ2n) is 4.05. The summed E-state index contributed by atoms with van der Waals surface area (Å²) in [5.74, 6) is -0.958. The van der Waals surface area contributed by atoms with E-state index in [1.54, 1.807) is 24.3 Å². The van der Waals surface area contributed by atoms with Gasteiger partial charge in [-0.2, -0.15) is 0 Å². The summed E-state index contributed by atoms with van der Waals surface area (Å²) in [4.78, 5) is 10.8. The van der Waals surface area contributed by atoms with Crippen molar-refractivity contribution >= 4 is 21.5 Å². The normalized spacial score (nSPS) is 21.3. The molecule has 1 aliphatic rings. The maximum absolute atomic E-state index is 11.9. The molecule has 0 spiro atoms. The molecule has 0 aromatic heterocycles. The van der Waals surface area contributed by atoms with Gasteiger partial charge >= 0.3 is 5.97 Å². The van der Waals surface area contributed by atoms with Crippen LogP contribution in [0.4, 0.5) is 5.69 Å². The molecule has 0 aliphatic carbocycles. The summed E-state index contributed by atoms with van der Waals surface area (Å²) in [5, 5.41) is 11.7. The monoisotopic (exact) mass is 255 g/mol. The van der Waals surface area contributed by atoms with Crippen molar-refractivity contribution in [2.75, 3.05) is 11.1 Å². The van der Waals surface area contributed by atoms with Crippen molar-refractivity contribution < 1.29 is 18.3 Å². The van der Waals surface area contributed by atoms with Crippen LogP contribution in [0.15, 0.2) is 29.2 Å². The van der Waals surface area contributed by atoms with Gasteiger partial charge in [0, 0.05) is 12.5 Å². The third-order valence-corrected chi connectivity index (χ3v) is 4.58. The number of benzene rings is 1. The molecule has 2 rings (SSSR count). The number of sulfone groups is 1. The zero-order valence-electron chi connectivity index (χ0n) is 9.09. The molecular weight excluding hydrogens is 242 g/mol. The van der Waals surface area contributed by atoms with Crippen LogP contribution in [0.25, 0.3) is 0 Å². The molecule has 5 nitrogen and oxygen atoms in total. The summed E-state index contributed by atoms with van der Waals surface area (Å²) >= 11 is 0. The minimum atomic E-state index is -3.29. The van der Waals surface area contributed by atoms with Gasteiger partial charge in [0.15, 0.2) is 9.84 Å². The van der Waals surface area contributed by atoms with Gasteiger partial charge in [0.05, 0.1) is 16.3 Å². The van der Waals surface area contributed by atoms with Crippen LogP contribution >= 0.6 is 0 Å². The number of aliphatic carboxylic acids is 1. The van der Waals surface area contributed by atoms with E-state index in [0.717, 1.165) is 0 Å². The van der Waals surface area contributed by atoms with Crippen molar-refractivity contribution in [2.24, 2.45) is 0 Å². The van der Waals surface area contributed by atoms with Crippen LogP contribution in [0.5, 0.6) is 0 Å². The van der Waals surface area contributed by atoms with E-state index in [1.807, 2.05) is 0 Å². The number of para-hydroxylation sites is 1. The van der Waals surface area contributed by atoms with Gasteiger partial charge < -0.3 is 10.4 Å². The van der Waals surface area contributed by atoms with Crippen LogP contribution in [0.2, 0.25) is 0 Å². The molecule has 1 heterocycles.